The number of methoxy groups -OCH3 is 3. The van der Waals surface area contributed by atoms with Crippen LogP contribution in [-0.2, 0) is 4.79 Å². The number of benzene rings is 2. The van der Waals surface area contributed by atoms with Crippen molar-refractivity contribution in [3.63, 3.8) is 0 Å². The molecule has 0 bridgehead atoms. The monoisotopic (exact) mass is 487 g/mol. The molecule has 0 radical (unpaired) electrons. The van der Waals surface area contributed by atoms with E-state index in [1.165, 1.54) is 38.1 Å². The van der Waals surface area contributed by atoms with Crippen LogP contribution < -0.4 is 29.8 Å². The van der Waals surface area contributed by atoms with Crippen molar-refractivity contribution < 1.29 is 23.7 Å². The van der Waals surface area contributed by atoms with E-state index in [9.17, 15) is 9.59 Å². The summed E-state index contributed by atoms with van der Waals surface area (Å²) in [4.78, 5) is 25.4. The number of rotatable bonds is 9. The zero-order valence-corrected chi connectivity index (χ0v) is 20.3. The van der Waals surface area contributed by atoms with Crippen molar-refractivity contribution in [1.29, 1.82) is 0 Å². The van der Waals surface area contributed by atoms with Gasteiger partial charge in [0.05, 0.1) is 27.0 Å². The third kappa shape index (κ3) is 5.43. The number of aryl methyl sites for hydroxylation is 1. The quantitative estimate of drug-likeness (QED) is 0.486. The van der Waals surface area contributed by atoms with Gasteiger partial charge in [-0.15, -0.1) is 5.10 Å². The summed E-state index contributed by atoms with van der Waals surface area (Å²) < 4.78 is 23.0. The molecule has 1 N–H and O–H groups in total. The average Bonchev–Trinajstić information content (AvgIpc) is 2.84. The van der Waals surface area contributed by atoms with E-state index < -0.39 is 12.0 Å². The first kappa shape index (κ1) is 24.9. The molecule has 0 aliphatic carbocycles. The van der Waals surface area contributed by atoms with Gasteiger partial charge in [0.1, 0.15) is 0 Å². The summed E-state index contributed by atoms with van der Waals surface area (Å²) in [5.41, 5.74) is 1.42. The fraction of sp³-hybridized carbons (Fsp3) is 0.292. The lowest BCUT2D eigenvalue weighted by molar-refractivity contribution is -0.123. The Morgan fingerprint density at radius 2 is 1.74 bits per heavy atom. The largest absolute Gasteiger partial charge is 0.493 e. The van der Waals surface area contributed by atoms with Crippen molar-refractivity contribution in [2.24, 2.45) is 0 Å². The molecule has 3 rings (SSSR count). The molecule has 180 valence electrons. The van der Waals surface area contributed by atoms with Gasteiger partial charge in [0.2, 0.25) is 11.6 Å². The molecule has 1 amide bonds. The number of hydrogen-bond donors (Lipinski definition) is 1. The van der Waals surface area contributed by atoms with E-state index in [1.54, 1.807) is 37.3 Å². The smallest absolute Gasteiger partial charge is 0.271 e. The van der Waals surface area contributed by atoms with Gasteiger partial charge in [-0.3, -0.25) is 9.59 Å². The van der Waals surface area contributed by atoms with Crippen LogP contribution in [0.5, 0.6) is 23.1 Å². The maximum atomic E-state index is 13.0. The van der Waals surface area contributed by atoms with Crippen molar-refractivity contribution in [2.45, 2.75) is 26.4 Å². The molecule has 1 atom stereocenters. The highest BCUT2D eigenvalue weighted by Gasteiger charge is 2.22. The Kier molecular flexibility index (Phi) is 8.01. The fourth-order valence-electron chi connectivity index (χ4n) is 3.28. The number of halogens is 1. The summed E-state index contributed by atoms with van der Waals surface area (Å²) in [5.74, 6) is 0.920. The Balaban J connectivity index is 1.85. The average molecular weight is 488 g/mol. The summed E-state index contributed by atoms with van der Waals surface area (Å²) in [7, 11) is 4.48. The van der Waals surface area contributed by atoms with Gasteiger partial charge in [0, 0.05) is 35.0 Å². The second-order valence-electron chi connectivity index (χ2n) is 7.27. The molecule has 1 aromatic heterocycles. The van der Waals surface area contributed by atoms with Crippen LogP contribution in [0.25, 0.3) is 5.69 Å². The summed E-state index contributed by atoms with van der Waals surface area (Å²) in [5, 5.41) is 7.55. The lowest BCUT2D eigenvalue weighted by Gasteiger charge is -2.19. The van der Waals surface area contributed by atoms with Crippen LogP contribution in [0.1, 0.15) is 18.9 Å². The molecule has 0 saturated carbocycles. The van der Waals surface area contributed by atoms with Gasteiger partial charge < -0.3 is 24.3 Å². The highest BCUT2D eigenvalue weighted by molar-refractivity contribution is 6.30. The molecule has 2 aromatic carbocycles. The third-order valence-corrected chi connectivity index (χ3v) is 5.27. The van der Waals surface area contributed by atoms with Crippen LogP contribution in [0, 0.1) is 6.92 Å². The summed E-state index contributed by atoms with van der Waals surface area (Å²) in [6.07, 6.45) is -0.522. The molecule has 34 heavy (non-hydrogen) atoms. The van der Waals surface area contributed by atoms with Crippen LogP contribution in [0.4, 0.5) is 5.69 Å². The van der Waals surface area contributed by atoms with E-state index in [1.807, 2.05) is 6.92 Å². The molecule has 0 spiro atoms. The maximum absolute atomic E-state index is 13.0. The van der Waals surface area contributed by atoms with E-state index in [0.717, 1.165) is 5.56 Å². The third-order valence-electron chi connectivity index (χ3n) is 5.03. The zero-order valence-electron chi connectivity index (χ0n) is 19.5. The Morgan fingerprint density at radius 3 is 2.32 bits per heavy atom. The first-order valence-electron chi connectivity index (χ1n) is 10.5. The molecular formula is C24H26ClN3O6. The van der Waals surface area contributed by atoms with E-state index >= 15 is 0 Å². The molecular weight excluding hydrogens is 462 g/mol. The normalized spacial score (nSPS) is 11.5. The van der Waals surface area contributed by atoms with Crippen molar-refractivity contribution in [3.8, 4) is 28.8 Å². The number of carbonyl (C=O) groups excluding carboxylic acids is 1. The second-order valence-corrected chi connectivity index (χ2v) is 7.71. The van der Waals surface area contributed by atoms with Gasteiger partial charge in [-0.1, -0.05) is 24.6 Å². The van der Waals surface area contributed by atoms with Gasteiger partial charge in [0.25, 0.3) is 11.5 Å². The first-order valence-corrected chi connectivity index (χ1v) is 10.8. The molecule has 10 heteroatoms. The van der Waals surface area contributed by atoms with E-state index in [-0.39, 0.29) is 11.4 Å². The van der Waals surface area contributed by atoms with Crippen molar-refractivity contribution in [2.75, 3.05) is 26.6 Å². The van der Waals surface area contributed by atoms with Crippen LogP contribution in [-0.4, -0.2) is 43.1 Å². The van der Waals surface area contributed by atoms with Gasteiger partial charge in [-0.25, -0.2) is 0 Å². The van der Waals surface area contributed by atoms with Crippen molar-refractivity contribution in [3.05, 3.63) is 63.4 Å². The van der Waals surface area contributed by atoms with E-state index in [2.05, 4.69) is 10.4 Å². The molecule has 3 aromatic rings. The topological polar surface area (TPSA) is 101 Å². The minimum Gasteiger partial charge on any atom is -0.493 e. The molecule has 1 heterocycles. The first-order chi connectivity index (χ1) is 16.3. The van der Waals surface area contributed by atoms with Gasteiger partial charge in [0.15, 0.2) is 17.6 Å². The van der Waals surface area contributed by atoms with Gasteiger partial charge in [-0.05, 0) is 31.0 Å². The molecule has 0 saturated heterocycles. The fourth-order valence-corrected chi connectivity index (χ4v) is 3.45. The summed E-state index contributed by atoms with van der Waals surface area (Å²) in [6.45, 7) is 3.64. The zero-order chi connectivity index (χ0) is 24.8. The van der Waals surface area contributed by atoms with E-state index in [4.69, 9.17) is 30.5 Å². The Morgan fingerprint density at radius 1 is 1.06 bits per heavy atom. The molecule has 0 aliphatic rings. The Hall–Kier alpha value is -3.72. The number of ether oxygens (including phenoxy) is 4. The molecule has 0 fully saturated rings. The van der Waals surface area contributed by atoms with Gasteiger partial charge in [-0.2, -0.15) is 4.68 Å². The van der Waals surface area contributed by atoms with Crippen LogP contribution in [0.3, 0.4) is 0 Å². The highest BCUT2D eigenvalue weighted by atomic mass is 35.5. The standard InChI is InChI=1S/C24H26ClN3O6/c1-6-18(24(30)26-16-12-19(31-3)23(33-5)20(13-16)32-4)34-21-9-10-22(29)28(27-21)17-11-15(25)8-7-14(17)2/h7-13,18H,6H2,1-5H3,(H,26,30)/t18-/m0/s1. The molecule has 0 aliphatic heterocycles. The summed E-state index contributed by atoms with van der Waals surface area (Å²) >= 11 is 6.09. The van der Waals surface area contributed by atoms with Crippen LogP contribution in [0.15, 0.2) is 47.3 Å². The summed E-state index contributed by atoms with van der Waals surface area (Å²) in [6, 6.07) is 11.1. The number of carbonyl (C=O) groups is 1. The highest BCUT2D eigenvalue weighted by Crippen LogP contribution is 2.40. The minimum absolute atomic E-state index is 0.117. The van der Waals surface area contributed by atoms with Crippen molar-refractivity contribution in [1.82, 2.24) is 9.78 Å². The number of hydrogen-bond acceptors (Lipinski definition) is 7. The predicted molar refractivity (Wildman–Crippen MR) is 129 cm³/mol. The number of nitrogens with zero attached hydrogens (tertiary/aromatic N) is 2. The van der Waals surface area contributed by atoms with Crippen molar-refractivity contribution >= 4 is 23.2 Å². The SMILES string of the molecule is CC[C@H](Oc1ccc(=O)n(-c2cc(Cl)ccc2C)n1)C(=O)Nc1cc(OC)c(OC)c(OC)c1. The van der Waals surface area contributed by atoms with E-state index in [0.29, 0.717) is 40.1 Å². The number of aromatic nitrogens is 2. The lowest BCUT2D eigenvalue weighted by atomic mass is 10.2. The Labute approximate surface area is 202 Å². The molecule has 0 unspecified atom stereocenters. The lowest BCUT2D eigenvalue weighted by Crippen LogP contribution is -2.33. The van der Waals surface area contributed by atoms with Crippen LogP contribution in [0.2, 0.25) is 5.02 Å². The maximum Gasteiger partial charge on any atom is 0.271 e. The second kappa shape index (κ2) is 10.9. The Bertz CT molecular complexity index is 1220. The van der Waals surface area contributed by atoms with Crippen LogP contribution >= 0.6 is 11.6 Å². The van der Waals surface area contributed by atoms with Gasteiger partial charge >= 0.3 is 0 Å². The molecule has 9 nitrogen and oxygen atoms in total. The number of amides is 1. The number of nitrogens with one attached hydrogen (secondary N) is 1. The predicted octanol–water partition coefficient (Wildman–Crippen LogP) is 4.02. The number of anilines is 1. The minimum atomic E-state index is -0.877.